The van der Waals surface area contributed by atoms with E-state index in [1.54, 1.807) is 14.2 Å². The van der Waals surface area contributed by atoms with Crippen molar-refractivity contribution in [1.29, 1.82) is 0 Å². The maximum Gasteiger partial charge on any atom is 0.254 e. The number of aromatic nitrogens is 2. The van der Waals surface area contributed by atoms with Crippen LogP contribution in [-0.4, -0.2) is 44.0 Å². The molecule has 7 heteroatoms. The standard InChI is InChI=1S/C13H15N3O3S/c1-16(11(17)8-18-2)13-15-14-12(20-13)9-4-6-10(19-3)7-5-9/h4-7H,8H2,1-3H3. The molecule has 2 aromatic rings. The van der Waals surface area contributed by atoms with Crippen molar-refractivity contribution in [2.75, 3.05) is 32.8 Å². The topological polar surface area (TPSA) is 64.5 Å². The van der Waals surface area contributed by atoms with Gasteiger partial charge in [-0.2, -0.15) is 0 Å². The molecule has 0 radical (unpaired) electrons. The lowest BCUT2D eigenvalue weighted by Gasteiger charge is -2.11. The van der Waals surface area contributed by atoms with Gasteiger partial charge in [0.25, 0.3) is 5.91 Å². The van der Waals surface area contributed by atoms with Crippen LogP contribution in [0.4, 0.5) is 5.13 Å². The quantitative estimate of drug-likeness (QED) is 0.841. The lowest BCUT2D eigenvalue weighted by Crippen LogP contribution is -2.29. The summed E-state index contributed by atoms with van der Waals surface area (Å²) in [7, 11) is 4.75. The van der Waals surface area contributed by atoms with E-state index in [0.29, 0.717) is 5.13 Å². The Labute approximate surface area is 121 Å². The van der Waals surface area contributed by atoms with Crippen molar-refractivity contribution in [3.05, 3.63) is 24.3 Å². The average molecular weight is 293 g/mol. The second-order valence-electron chi connectivity index (χ2n) is 4.00. The van der Waals surface area contributed by atoms with Gasteiger partial charge in [-0.25, -0.2) is 0 Å². The van der Waals surface area contributed by atoms with Crippen molar-refractivity contribution >= 4 is 22.4 Å². The zero-order valence-corrected chi connectivity index (χ0v) is 12.3. The Bertz CT molecular complexity index is 583. The largest absolute Gasteiger partial charge is 0.497 e. The van der Waals surface area contributed by atoms with Crippen molar-refractivity contribution in [2.24, 2.45) is 0 Å². The highest BCUT2D eigenvalue weighted by Gasteiger charge is 2.16. The van der Waals surface area contributed by atoms with E-state index in [1.807, 2.05) is 24.3 Å². The van der Waals surface area contributed by atoms with Crippen molar-refractivity contribution in [2.45, 2.75) is 0 Å². The SMILES string of the molecule is COCC(=O)N(C)c1nnc(-c2ccc(OC)cc2)s1. The third-order valence-electron chi connectivity index (χ3n) is 2.68. The maximum absolute atomic E-state index is 11.7. The molecule has 6 nitrogen and oxygen atoms in total. The van der Waals surface area contributed by atoms with E-state index in [2.05, 4.69) is 10.2 Å². The molecule has 106 valence electrons. The van der Waals surface area contributed by atoms with E-state index in [4.69, 9.17) is 9.47 Å². The van der Waals surface area contributed by atoms with Gasteiger partial charge >= 0.3 is 0 Å². The van der Waals surface area contributed by atoms with E-state index in [0.717, 1.165) is 16.3 Å². The number of likely N-dealkylation sites (N-methyl/N-ethyl adjacent to an activating group) is 1. The van der Waals surface area contributed by atoms with E-state index in [9.17, 15) is 4.79 Å². The molecular weight excluding hydrogens is 278 g/mol. The Morgan fingerprint density at radius 3 is 2.55 bits per heavy atom. The second-order valence-corrected chi connectivity index (χ2v) is 4.96. The highest BCUT2D eigenvalue weighted by molar-refractivity contribution is 7.18. The van der Waals surface area contributed by atoms with E-state index < -0.39 is 0 Å². The molecule has 20 heavy (non-hydrogen) atoms. The van der Waals surface area contributed by atoms with Crippen LogP contribution in [0.25, 0.3) is 10.6 Å². The lowest BCUT2D eigenvalue weighted by atomic mass is 10.2. The normalized spacial score (nSPS) is 10.3. The van der Waals surface area contributed by atoms with Gasteiger partial charge in [-0.3, -0.25) is 9.69 Å². The fourth-order valence-corrected chi connectivity index (χ4v) is 2.36. The number of anilines is 1. The summed E-state index contributed by atoms with van der Waals surface area (Å²) in [5.41, 5.74) is 0.933. The monoisotopic (exact) mass is 293 g/mol. The molecule has 0 unspecified atom stereocenters. The molecule has 0 spiro atoms. The van der Waals surface area contributed by atoms with Crippen LogP contribution in [0.3, 0.4) is 0 Å². The number of hydrogen-bond donors (Lipinski definition) is 0. The summed E-state index contributed by atoms with van der Waals surface area (Å²) < 4.78 is 9.92. The molecule has 0 N–H and O–H groups in total. The molecule has 1 amide bonds. The van der Waals surface area contributed by atoms with Gasteiger partial charge in [0.1, 0.15) is 17.4 Å². The van der Waals surface area contributed by atoms with Crippen LogP contribution in [0, 0.1) is 0 Å². The van der Waals surface area contributed by atoms with Gasteiger partial charge in [0.2, 0.25) is 5.13 Å². The summed E-state index contributed by atoms with van der Waals surface area (Å²) in [6.07, 6.45) is 0. The van der Waals surface area contributed by atoms with Gasteiger partial charge in [0, 0.05) is 19.7 Å². The van der Waals surface area contributed by atoms with Crippen LogP contribution in [0.2, 0.25) is 0 Å². The van der Waals surface area contributed by atoms with E-state index in [-0.39, 0.29) is 12.5 Å². The van der Waals surface area contributed by atoms with Crippen molar-refractivity contribution in [3.8, 4) is 16.3 Å². The fourth-order valence-electron chi connectivity index (χ4n) is 1.53. The average Bonchev–Trinajstić information content (AvgIpc) is 2.96. The van der Waals surface area contributed by atoms with Crippen LogP contribution in [0.15, 0.2) is 24.3 Å². The molecule has 0 saturated carbocycles. The number of carbonyl (C=O) groups is 1. The van der Waals surface area contributed by atoms with Gasteiger partial charge < -0.3 is 9.47 Å². The zero-order valence-electron chi connectivity index (χ0n) is 11.5. The van der Waals surface area contributed by atoms with Gasteiger partial charge in [-0.15, -0.1) is 10.2 Å². The number of rotatable bonds is 5. The Morgan fingerprint density at radius 1 is 1.25 bits per heavy atom. The highest BCUT2D eigenvalue weighted by atomic mass is 32.1. The van der Waals surface area contributed by atoms with E-state index in [1.165, 1.54) is 23.3 Å². The first kappa shape index (κ1) is 14.4. The third kappa shape index (κ3) is 3.12. The molecule has 2 rings (SSSR count). The van der Waals surface area contributed by atoms with Crippen molar-refractivity contribution < 1.29 is 14.3 Å². The minimum Gasteiger partial charge on any atom is -0.497 e. The molecule has 1 heterocycles. The van der Waals surface area contributed by atoms with Crippen LogP contribution in [0.5, 0.6) is 5.75 Å². The summed E-state index contributed by atoms with van der Waals surface area (Å²) >= 11 is 1.35. The minimum absolute atomic E-state index is 0.0218. The first-order valence-electron chi connectivity index (χ1n) is 5.89. The summed E-state index contributed by atoms with van der Waals surface area (Å²) in [6.45, 7) is 0.0218. The molecule has 0 aliphatic heterocycles. The number of nitrogens with zero attached hydrogens (tertiary/aromatic N) is 3. The first-order valence-corrected chi connectivity index (χ1v) is 6.70. The third-order valence-corrected chi connectivity index (χ3v) is 3.73. The number of methoxy groups -OCH3 is 2. The number of hydrogen-bond acceptors (Lipinski definition) is 6. The summed E-state index contributed by atoms with van der Waals surface area (Å²) in [5.74, 6) is 0.621. The Morgan fingerprint density at radius 2 is 1.95 bits per heavy atom. The summed E-state index contributed by atoms with van der Waals surface area (Å²) in [4.78, 5) is 13.1. The van der Waals surface area contributed by atoms with Crippen LogP contribution in [-0.2, 0) is 9.53 Å². The van der Waals surface area contributed by atoms with Crippen LogP contribution >= 0.6 is 11.3 Å². The molecule has 0 bridgehead atoms. The molecule has 0 aliphatic rings. The maximum atomic E-state index is 11.7. The molecule has 1 aromatic heterocycles. The van der Waals surface area contributed by atoms with E-state index >= 15 is 0 Å². The van der Waals surface area contributed by atoms with Gasteiger partial charge in [-0.05, 0) is 24.3 Å². The predicted molar refractivity (Wildman–Crippen MR) is 77.2 cm³/mol. The summed E-state index contributed by atoms with van der Waals surface area (Å²) in [6, 6.07) is 7.52. The van der Waals surface area contributed by atoms with Crippen molar-refractivity contribution in [1.82, 2.24) is 10.2 Å². The number of carbonyl (C=O) groups excluding carboxylic acids is 1. The number of amides is 1. The van der Waals surface area contributed by atoms with Gasteiger partial charge in [-0.1, -0.05) is 11.3 Å². The molecule has 0 aliphatic carbocycles. The Hall–Kier alpha value is -1.99. The Kier molecular flexibility index (Phi) is 4.65. The van der Waals surface area contributed by atoms with Crippen LogP contribution < -0.4 is 9.64 Å². The van der Waals surface area contributed by atoms with Gasteiger partial charge in [0.05, 0.1) is 7.11 Å². The second kappa shape index (κ2) is 6.44. The molecule has 0 atom stereocenters. The summed E-state index contributed by atoms with van der Waals surface area (Å²) in [5, 5.41) is 9.41. The van der Waals surface area contributed by atoms with Crippen LogP contribution in [0.1, 0.15) is 0 Å². The number of benzene rings is 1. The molecular formula is C13H15N3O3S. The number of ether oxygens (including phenoxy) is 2. The highest BCUT2D eigenvalue weighted by Crippen LogP contribution is 2.29. The molecule has 1 aromatic carbocycles. The molecule has 0 saturated heterocycles. The minimum atomic E-state index is -0.162. The fraction of sp³-hybridized carbons (Fsp3) is 0.308. The first-order chi connectivity index (χ1) is 9.65. The zero-order chi connectivity index (χ0) is 14.5. The smallest absolute Gasteiger partial charge is 0.254 e. The van der Waals surface area contributed by atoms with Crippen molar-refractivity contribution in [3.63, 3.8) is 0 Å². The van der Waals surface area contributed by atoms with Gasteiger partial charge in [0.15, 0.2) is 0 Å². The molecule has 0 fully saturated rings. The lowest BCUT2D eigenvalue weighted by molar-refractivity contribution is -0.121. The Balaban J connectivity index is 2.17. The predicted octanol–water partition coefficient (Wildman–Crippen LogP) is 1.82.